The smallest absolute Gasteiger partial charge is 0.247 e. The predicted octanol–water partition coefficient (Wildman–Crippen LogP) is 4.39. The van der Waals surface area contributed by atoms with Gasteiger partial charge in [-0.3, -0.25) is 0 Å². The molecule has 0 unspecified atom stereocenters. The number of rotatable bonds is 5. The topological polar surface area (TPSA) is 95.0 Å². The Morgan fingerprint density at radius 2 is 1.93 bits per heavy atom. The van der Waals surface area contributed by atoms with Crippen LogP contribution >= 0.6 is 24.2 Å². The van der Waals surface area contributed by atoms with Crippen LogP contribution in [0.5, 0.6) is 0 Å². The van der Waals surface area contributed by atoms with E-state index in [1.807, 2.05) is 30.3 Å². The van der Waals surface area contributed by atoms with Gasteiger partial charge in [-0.2, -0.15) is 5.26 Å². The SMILES string of the molecule is Cc1c(N[C@@H](c2nnc(-c3ccc(S)cc3)o2)[C@H](C)O)ccc(C#N)c1Cl. The van der Waals surface area contributed by atoms with Gasteiger partial charge in [0, 0.05) is 16.1 Å². The first kappa shape index (κ1) is 19.2. The Hall–Kier alpha value is -2.53. The Labute approximate surface area is 167 Å². The van der Waals surface area contributed by atoms with Crippen LogP contribution in [0.25, 0.3) is 11.5 Å². The van der Waals surface area contributed by atoms with Crippen molar-refractivity contribution in [3.05, 3.63) is 58.4 Å². The van der Waals surface area contributed by atoms with Crippen LogP contribution in [0.3, 0.4) is 0 Å². The molecule has 0 aliphatic rings. The summed E-state index contributed by atoms with van der Waals surface area (Å²) < 4.78 is 5.77. The molecular formula is C19H17ClN4O2S. The Balaban J connectivity index is 1.90. The summed E-state index contributed by atoms with van der Waals surface area (Å²) in [7, 11) is 0. The predicted molar refractivity (Wildman–Crippen MR) is 106 cm³/mol. The molecule has 27 heavy (non-hydrogen) atoms. The second kappa shape index (κ2) is 8.01. The second-order valence-electron chi connectivity index (χ2n) is 6.07. The molecule has 3 aromatic rings. The van der Waals surface area contributed by atoms with Crippen molar-refractivity contribution >= 4 is 29.9 Å². The highest BCUT2D eigenvalue weighted by Gasteiger charge is 2.25. The molecule has 0 aliphatic heterocycles. The molecule has 2 atom stereocenters. The number of hydrogen-bond acceptors (Lipinski definition) is 7. The number of nitrogens with zero attached hydrogens (tertiary/aromatic N) is 3. The molecule has 0 spiro atoms. The van der Waals surface area contributed by atoms with Crippen molar-refractivity contribution in [2.45, 2.75) is 30.9 Å². The molecule has 0 radical (unpaired) electrons. The molecule has 3 rings (SSSR count). The van der Waals surface area contributed by atoms with Crippen molar-refractivity contribution in [1.82, 2.24) is 10.2 Å². The second-order valence-corrected chi connectivity index (χ2v) is 6.96. The number of aliphatic hydroxyl groups excluding tert-OH is 1. The monoisotopic (exact) mass is 400 g/mol. The number of aliphatic hydroxyl groups is 1. The number of nitriles is 1. The molecule has 138 valence electrons. The highest BCUT2D eigenvalue weighted by atomic mass is 35.5. The maximum Gasteiger partial charge on any atom is 0.247 e. The average Bonchev–Trinajstić information content (AvgIpc) is 3.13. The van der Waals surface area contributed by atoms with Gasteiger partial charge in [0.1, 0.15) is 12.1 Å². The molecule has 2 N–H and O–H groups in total. The van der Waals surface area contributed by atoms with Crippen molar-refractivity contribution in [3.8, 4) is 17.5 Å². The van der Waals surface area contributed by atoms with Gasteiger partial charge in [-0.25, -0.2) is 0 Å². The lowest BCUT2D eigenvalue weighted by Crippen LogP contribution is -2.23. The number of benzene rings is 2. The van der Waals surface area contributed by atoms with Gasteiger partial charge in [0.25, 0.3) is 0 Å². The molecule has 0 aliphatic carbocycles. The zero-order valence-electron chi connectivity index (χ0n) is 14.6. The van der Waals surface area contributed by atoms with E-state index >= 15 is 0 Å². The molecule has 6 nitrogen and oxygen atoms in total. The van der Waals surface area contributed by atoms with Crippen LogP contribution in [0.2, 0.25) is 5.02 Å². The summed E-state index contributed by atoms with van der Waals surface area (Å²) in [6, 6.07) is 12.1. The van der Waals surface area contributed by atoms with Gasteiger partial charge >= 0.3 is 0 Å². The van der Waals surface area contributed by atoms with Crippen molar-refractivity contribution in [1.29, 1.82) is 5.26 Å². The fraction of sp³-hybridized carbons (Fsp3) is 0.211. The molecule has 0 fully saturated rings. The summed E-state index contributed by atoms with van der Waals surface area (Å²) in [5.74, 6) is 0.593. The van der Waals surface area contributed by atoms with E-state index in [2.05, 4.69) is 28.1 Å². The lowest BCUT2D eigenvalue weighted by Gasteiger charge is -2.21. The number of thiol groups is 1. The summed E-state index contributed by atoms with van der Waals surface area (Å²) >= 11 is 10.5. The van der Waals surface area contributed by atoms with Gasteiger partial charge < -0.3 is 14.8 Å². The van der Waals surface area contributed by atoms with Gasteiger partial charge in [-0.15, -0.1) is 22.8 Å². The minimum Gasteiger partial charge on any atom is -0.418 e. The molecule has 0 saturated heterocycles. The first-order valence-corrected chi connectivity index (χ1v) is 9.00. The van der Waals surface area contributed by atoms with Crippen molar-refractivity contribution in [2.75, 3.05) is 5.32 Å². The van der Waals surface area contributed by atoms with Crippen LogP contribution < -0.4 is 5.32 Å². The Kier molecular flexibility index (Phi) is 5.71. The molecule has 1 aromatic heterocycles. The zero-order valence-corrected chi connectivity index (χ0v) is 16.3. The molecule has 2 aromatic carbocycles. The van der Waals surface area contributed by atoms with Crippen LogP contribution in [0, 0.1) is 18.3 Å². The quantitative estimate of drug-likeness (QED) is 0.549. The summed E-state index contributed by atoms with van der Waals surface area (Å²) in [4.78, 5) is 0.829. The molecule has 1 heterocycles. The van der Waals surface area contributed by atoms with Crippen molar-refractivity contribution in [3.63, 3.8) is 0 Å². The number of nitrogens with one attached hydrogen (secondary N) is 1. The third kappa shape index (κ3) is 4.08. The van der Waals surface area contributed by atoms with Crippen LogP contribution in [0.15, 0.2) is 45.7 Å². The van der Waals surface area contributed by atoms with Crippen LogP contribution in [0.4, 0.5) is 5.69 Å². The van der Waals surface area contributed by atoms with Gasteiger partial charge in [0.05, 0.1) is 16.7 Å². The van der Waals surface area contributed by atoms with Gasteiger partial charge in [-0.05, 0) is 55.8 Å². The molecule has 0 saturated carbocycles. The van der Waals surface area contributed by atoms with Crippen LogP contribution in [-0.2, 0) is 0 Å². The number of anilines is 1. The third-order valence-electron chi connectivity index (χ3n) is 4.12. The molecular weight excluding hydrogens is 384 g/mol. The maximum absolute atomic E-state index is 10.2. The third-order valence-corrected chi connectivity index (χ3v) is 4.91. The van der Waals surface area contributed by atoms with Crippen LogP contribution in [-0.4, -0.2) is 21.4 Å². The molecule has 0 amide bonds. The number of halogens is 1. The highest BCUT2D eigenvalue weighted by molar-refractivity contribution is 7.80. The zero-order chi connectivity index (χ0) is 19.6. The van der Waals surface area contributed by atoms with E-state index in [0.717, 1.165) is 10.5 Å². The normalized spacial score (nSPS) is 13.0. The summed E-state index contributed by atoms with van der Waals surface area (Å²) in [5, 5.41) is 31.0. The fourth-order valence-corrected chi connectivity index (χ4v) is 2.92. The van der Waals surface area contributed by atoms with Crippen molar-refractivity contribution in [2.24, 2.45) is 0 Å². The lowest BCUT2D eigenvalue weighted by atomic mass is 10.1. The average molecular weight is 401 g/mol. The number of hydrogen-bond donors (Lipinski definition) is 3. The highest BCUT2D eigenvalue weighted by Crippen LogP contribution is 2.31. The minimum atomic E-state index is -0.813. The minimum absolute atomic E-state index is 0.245. The molecule has 0 bridgehead atoms. The first-order valence-electron chi connectivity index (χ1n) is 8.17. The van der Waals surface area contributed by atoms with E-state index in [4.69, 9.17) is 21.3 Å². The van der Waals surface area contributed by atoms with E-state index in [1.54, 1.807) is 26.0 Å². The lowest BCUT2D eigenvalue weighted by molar-refractivity contribution is 0.159. The summed E-state index contributed by atoms with van der Waals surface area (Å²) in [6.07, 6.45) is -0.813. The van der Waals surface area contributed by atoms with E-state index in [9.17, 15) is 5.11 Å². The summed E-state index contributed by atoms with van der Waals surface area (Å²) in [6.45, 7) is 3.42. The van der Waals surface area contributed by atoms with E-state index in [-0.39, 0.29) is 5.89 Å². The Morgan fingerprint density at radius 3 is 2.56 bits per heavy atom. The maximum atomic E-state index is 10.2. The van der Waals surface area contributed by atoms with Crippen LogP contribution in [0.1, 0.15) is 30.0 Å². The van der Waals surface area contributed by atoms with Crippen molar-refractivity contribution < 1.29 is 9.52 Å². The van der Waals surface area contributed by atoms with Gasteiger partial charge in [0.15, 0.2) is 0 Å². The van der Waals surface area contributed by atoms with Gasteiger partial charge in [-0.1, -0.05) is 11.6 Å². The van der Waals surface area contributed by atoms with Gasteiger partial charge in [0.2, 0.25) is 11.8 Å². The standard InChI is InChI=1S/C19H17ClN4O2S/c1-10-15(8-5-13(9-21)16(10)20)22-17(11(2)25)19-24-23-18(26-19)12-3-6-14(27)7-4-12/h3-8,11,17,22,25,27H,1-2H3/t11-,17+/m0/s1. The first-order chi connectivity index (χ1) is 12.9. The number of aromatic nitrogens is 2. The fourth-order valence-electron chi connectivity index (χ4n) is 2.56. The summed E-state index contributed by atoms with van der Waals surface area (Å²) in [5.41, 5.74) is 2.52. The van der Waals surface area contributed by atoms with E-state index < -0.39 is 12.1 Å². The van der Waals surface area contributed by atoms with E-state index in [0.29, 0.717) is 27.7 Å². The molecule has 8 heteroatoms. The Bertz CT molecular complexity index is 996. The Morgan fingerprint density at radius 1 is 1.22 bits per heavy atom. The largest absolute Gasteiger partial charge is 0.418 e. The van der Waals surface area contributed by atoms with E-state index in [1.165, 1.54) is 0 Å².